The Morgan fingerprint density at radius 3 is 2.24 bits per heavy atom. The Bertz CT molecular complexity index is 749. The largest absolute Gasteiger partial charge is 0.339 e. The minimum Gasteiger partial charge on any atom is -0.339 e. The van der Waals surface area contributed by atoms with Crippen molar-refractivity contribution < 1.29 is 18.0 Å². The number of carbonyl (C=O) groups excluding carboxylic acids is 2. The Kier molecular flexibility index (Phi) is 5.21. The normalized spacial score (nSPS) is 19.0. The summed E-state index contributed by atoms with van der Waals surface area (Å²) in [5.41, 5.74) is 0.537. The van der Waals surface area contributed by atoms with E-state index in [4.69, 9.17) is 0 Å². The second kappa shape index (κ2) is 7.23. The van der Waals surface area contributed by atoms with E-state index in [1.54, 1.807) is 4.90 Å². The standard InChI is InChI=1S/C17H23N3O4S/c1-19-8-10-20(11-9-19)16(21)12-18-25(23,24)15-6-4-14(5-7-15)17(22)13-2-3-13/h4-7,13,18H,2-3,8-12H2,1H3. The predicted molar refractivity (Wildman–Crippen MR) is 92.8 cm³/mol. The van der Waals surface area contributed by atoms with Crippen LogP contribution in [-0.2, 0) is 14.8 Å². The lowest BCUT2D eigenvalue weighted by Gasteiger charge is -2.32. The highest BCUT2D eigenvalue weighted by Crippen LogP contribution is 2.32. The van der Waals surface area contributed by atoms with Gasteiger partial charge in [-0.1, -0.05) is 12.1 Å². The highest BCUT2D eigenvalue weighted by molar-refractivity contribution is 7.89. The summed E-state index contributed by atoms with van der Waals surface area (Å²) in [6.07, 6.45) is 1.82. The van der Waals surface area contributed by atoms with Crippen molar-refractivity contribution in [2.24, 2.45) is 5.92 Å². The van der Waals surface area contributed by atoms with Crippen LogP contribution in [0.4, 0.5) is 0 Å². The van der Waals surface area contributed by atoms with Crippen molar-refractivity contribution in [3.8, 4) is 0 Å². The van der Waals surface area contributed by atoms with E-state index >= 15 is 0 Å². The van der Waals surface area contributed by atoms with E-state index in [-0.39, 0.29) is 29.0 Å². The summed E-state index contributed by atoms with van der Waals surface area (Å²) in [5, 5.41) is 0. The van der Waals surface area contributed by atoms with Gasteiger partial charge < -0.3 is 9.80 Å². The van der Waals surface area contributed by atoms with Crippen molar-refractivity contribution in [3.05, 3.63) is 29.8 Å². The third-order valence-electron chi connectivity index (χ3n) is 4.67. The van der Waals surface area contributed by atoms with Crippen LogP contribution in [0, 0.1) is 5.92 Å². The van der Waals surface area contributed by atoms with Crippen LogP contribution in [0.25, 0.3) is 0 Å². The van der Waals surface area contributed by atoms with E-state index in [0.717, 1.165) is 25.9 Å². The molecule has 1 aromatic rings. The van der Waals surface area contributed by atoms with E-state index in [9.17, 15) is 18.0 Å². The lowest BCUT2D eigenvalue weighted by atomic mass is 10.1. The molecular formula is C17H23N3O4S. The van der Waals surface area contributed by atoms with Gasteiger partial charge in [-0.05, 0) is 32.0 Å². The number of nitrogens with zero attached hydrogens (tertiary/aromatic N) is 2. The van der Waals surface area contributed by atoms with Gasteiger partial charge in [-0.2, -0.15) is 0 Å². The van der Waals surface area contributed by atoms with Gasteiger partial charge in [0.2, 0.25) is 15.9 Å². The summed E-state index contributed by atoms with van der Waals surface area (Å²) in [7, 11) is -1.78. The molecule has 2 aliphatic rings. The van der Waals surface area contributed by atoms with Crippen LogP contribution < -0.4 is 4.72 Å². The van der Waals surface area contributed by atoms with E-state index in [2.05, 4.69) is 9.62 Å². The number of ketones is 1. The first kappa shape index (κ1) is 18.0. The number of piperazine rings is 1. The third-order valence-corrected chi connectivity index (χ3v) is 6.08. The zero-order valence-corrected chi connectivity index (χ0v) is 15.1. The Morgan fingerprint density at radius 2 is 1.68 bits per heavy atom. The van der Waals surface area contributed by atoms with Crippen LogP contribution in [0.2, 0.25) is 0 Å². The molecule has 0 aromatic heterocycles. The Morgan fingerprint density at radius 1 is 1.08 bits per heavy atom. The van der Waals surface area contributed by atoms with Gasteiger partial charge in [0.15, 0.2) is 5.78 Å². The molecule has 1 N–H and O–H groups in total. The maximum Gasteiger partial charge on any atom is 0.241 e. The summed E-state index contributed by atoms with van der Waals surface area (Å²) >= 11 is 0. The van der Waals surface area contributed by atoms with Gasteiger partial charge in [0.25, 0.3) is 0 Å². The molecule has 1 aliphatic heterocycles. The van der Waals surface area contributed by atoms with E-state index in [0.29, 0.717) is 18.7 Å². The quantitative estimate of drug-likeness (QED) is 0.734. The van der Waals surface area contributed by atoms with Crippen molar-refractivity contribution in [1.29, 1.82) is 0 Å². The summed E-state index contributed by atoms with van der Waals surface area (Å²) in [5.74, 6) is -0.0545. The van der Waals surface area contributed by atoms with Crippen LogP contribution in [-0.4, -0.2) is 69.7 Å². The minimum atomic E-state index is -3.77. The molecule has 136 valence electrons. The highest BCUT2D eigenvalue weighted by Gasteiger charge is 2.30. The molecule has 0 spiro atoms. The molecule has 3 rings (SSSR count). The van der Waals surface area contributed by atoms with Gasteiger partial charge in [-0.3, -0.25) is 9.59 Å². The van der Waals surface area contributed by atoms with Crippen molar-refractivity contribution in [2.75, 3.05) is 39.8 Å². The average Bonchev–Trinajstić information content (AvgIpc) is 3.45. The Hall–Kier alpha value is -1.77. The van der Waals surface area contributed by atoms with Crippen molar-refractivity contribution in [3.63, 3.8) is 0 Å². The SMILES string of the molecule is CN1CCN(C(=O)CNS(=O)(=O)c2ccc(C(=O)C3CC3)cc2)CC1. The first-order valence-electron chi connectivity index (χ1n) is 8.47. The zero-order valence-electron chi connectivity index (χ0n) is 14.3. The van der Waals surface area contributed by atoms with Crippen molar-refractivity contribution >= 4 is 21.7 Å². The fourth-order valence-corrected chi connectivity index (χ4v) is 3.76. The first-order chi connectivity index (χ1) is 11.9. The van der Waals surface area contributed by atoms with Gasteiger partial charge in [-0.25, -0.2) is 13.1 Å². The summed E-state index contributed by atoms with van der Waals surface area (Å²) in [4.78, 5) is 28.0. The average molecular weight is 365 g/mol. The Balaban J connectivity index is 1.57. The van der Waals surface area contributed by atoms with Crippen LogP contribution >= 0.6 is 0 Å². The molecule has 0 radical (unpaired) electrons. The topological polar surface area (TPSA) is 86.8 Å². The third kappa shape index (κ3) is 4.45. The van der Waals surface area contributed by atoms with Crippen LogP contribution in [0.1, 0.15) is 23.2 Å². The molecule has 0 bridgehead atoms. The smallest absolute Gasteiger partial charge is 0.241 e. The summed E-state index contributed by atoms with van der Waals surface area (Å²) in [6, 6.07) is 5.91. The molecule has 1 aliphatic carbocycles. The molecule has 25 heavy (non-hydrogen) atoms. The lowest BCUT2D eigenvalue weighted by Crippen LogP contribution is -2.50. The van der Waals surface area contributed by atoms with Gasteiger partial charge >= 0.3 is 0 Å². The number of benzene rings is 1. The molecule has 1 saturated heterocycles. The number of carbonyl (C=O) groups is 2. The number of hydrogen-bond donors (Lipinski definition) is 1. The number of nitrogens with one attached hydrogen (secondary N) is 1. The second-order valence-corrected chi connectivity index (χ2v) is 8.44. The first-order valence-corrected chi connectivity index (χ1v) is 9.95. The highest BCUT2D eigenvalue weighted by atomic mass is 32.2. The van der Waals surface area contributed by atoms with Crippen molar-refractivity contribution in [1.82, 2.24) is 14.5 Å². The molecule has 1 aromatic carbocycles. The molecule has 0 unspecified atom stereocenters. The number of sulfonamides is 1. The molecule has 7 nitrogen and oxygen atoms in total. The molecule has 2 fully saturated rings. The monoisotopic (exact) mass is 365 g/mol. The zero-order chi connectivity index (χ0) is 18.0. The summed E-state index contributed by atoms with van der Waals surface area (Å²) in [6.45, 7) is 2.53. The Labute approximate surface area is 148 Å². The molecule has 0 atom stereocenters. The minimum absolute atomic E-state index is 0.0611. The number of rotatable bonds is 6. The van der Waals surface area contributed by atoms with E-state index < -0.39 is 10.0 Å². The number of Topliss-reactive ketones (excluding diaryl/α,β-unsaturated/α-hetero) is 1. The van der Waals surface area contributed by atoms with Gasteiger partial charge in [0, 0.05) is 37.7 Å². The van der Waals surface area contributed by atoms with E-state index in [1.165, 1.54) is 24.3 Å². The molecular weight excluding hydrogens is 342 g/mol. The predicted octanol–water partition coefficient (Wildman–Crippen LogP) is 0.332. The summed E-state index contributed by atoms with van der Waals surface area (Å²) < 4.78 is 27.0. The molecule has 1 amide bonds. The maximum absolute atomic E-state index is 12.3. The van der Waals surface area contributed by atoms with Gasteiger partial charge in [0.05, 0.1) is 11.4 Å². The van der Waals surface area contributed by atoms with Crippen LogP contribution in [0.5, 0.6) is 0 Å². The number of likely N-dealkylation sites (N-methyl/N-ethyl adjacent to an activating group) is 1. The lowest BCUT2D eigenvalue weighted by molar-refractivity contribution is -0.131. The number of amides is 1. The second-order valence-electron chi connectivity index (χ2n) is 6.67. The van der Waals surface area contributed by atoms with Crippen molar-refractivity contribution in [2.45, 2.75) is 17.7 Å². The van der Waals surface area contributed by atoms with Crippen LogP contribution in [0.3, 0.4) is 0 Å². The molecule has 1 heterocycles. The van der Waals surface area contributed by atoms with Gasteiger partial charge in [0.1, 0.15) is 0 Å². The van der Waals surface area contributed by atoms with E-state index in [1.807, 2.05) is 7.05 Å². The fourth-order valence-electron chi connectivity index (χ4n) is 2.79. The van der Waals surface area contributed by atoms with Gasteiger partial charge in [-0.15, -0.1) is 0 Å². The maximum atomic E-state index is 12.3. The van der Waals surface area contributed by atoms with Crippen LogP contribution in [0.15, 0.2) is 29.2 Å². The fraction of sp³-hybridized carbons (Fsp3) is 0.529. The molecule has 1 saturated carbocycles. The molecule has 8 heteroatoms. The number of hydrogen-bond acceptors (Lipinski definition) is 5.